The first-order valence-corrected chi connectivity index (χ1v) is 7.02. The van der Waals surface area contributed by atoms with Crippen LogP contribution in [0.4, 0.5) is 10.1 Å². The van der Waals surface area contributed by atoms with E-state index in [0.29, 0.717) is 16.3 Å². The predicted octanol–water partition coefficient (Wildman–Crippen LogP) is 4.99. The fraction of sp³-hybridized carbons (Fsp3) is 0. The molecular weight excluding hydrogens is 403 g/mol. The highest BCUT2D eigenvalue weighted by Gasteiger charge is 2.09. The minimum absolute atomic E-state index is 0.00954. The van der Waals surface area contributed by atoms with Crippen molar-refractivity contribution in [3.8, 4) is 0 Å². The zero-order valence-electron chi connectivity index (χ0n) is 9.38. The van der Waals surface area contributed by atoms with E-state index in [-0.39, 0.29) is 10.9 Å². The Hall–Kier alpha value is -0.850. The largest absolute Gasteiger partial charge is 0.322 e. The Morgan fingerprint density at radius 1 is 1.11 bits per heavy atom. The third kappa shape index (κ3) is 3.58. The van der Waals surface area contributed by atoms with Crippen LogP contribution in [0, 0.1) is 9.39 Å². The lowest BCUT2D eigenvalue weighted by Gasteiger charge is -2.06. The summed E-state index contributed by atoms with van der Waals surface area (Å²) in [6.45, 7) is 0. The second kappa shape index (κ2) is 6.07. The van der Waals surface area contributed by atoms with Gasteiger partial charge in [0, 0.05) is 14.8 Å². The second-order valence-corrected chi connectivity index (χ2v) is 5.69. The molecule has 0 saturated heterocycles. The standard InChI is InChI=1S/C13H7Cl2FINO/c14-9-3-2-8(6-11(9)16)18-13(19)7-1-4-12(17)10(15)5-7/h1-6H,(H,18,19). The van der Waals surface area contributed by atoms with Crippen LogP contribution in [0.25, 0.3) is 0 Å². The van der Waals surface area contributed by atoms with Crippen molar-refractivity contribution in [1.29, 1.82) is 0 Å². The molecule has 2 nitrogen and oxygen atoms in total. The zero-order valence-corrected chi connectivity index (χ0v) is 13.1. The first kappa shape index (κ1) is 14.6. The lowest BCUT2D eigenvalue weighted by Crippen LogP contribution is -2.12. The third-order valence-corrected chi connectivity index (χ3v) is 4.24. The van der Waals surface area contributed by atoms with E-state index >= 15 is 0 Å². The highest BCUT2D eigenvalue weighted by molar-refractivity contribution is 14.1. The summed E-state index contributed by atoms with van der Waals surface area (Å²) in [4.78, 5) is 11.9. The molecule has 0 aromatic heterocycles. The number of hydrogen-bond donors (Lipinski definition) is 1. The average Bonchev–Trinajstić information content (AvgIpc) is 2.37. The Morgan fingerprint density at radius 3 is 2.47 bits per heavy atom. The molecule has 2 rings (SSSR count). The van der Waals surface area contributed by atoms with Crippen LogP contribution in [0.15, 0.2) is 36.4 Å². The van der Waals surface area contributed by atoms with E-state index in [1.165, 1.54) is 12.1 Å². The van der Waals surface area contributed by atoms with Crippen molar-refractivity contribution in [2.24, 2.45) is 0 Å². The SMILES string of the molecule is O=C(Nc1ccc(Cl)c(F)c1)c1ccc(I)c(Cl)c1. The highest BCUT2D eigenvalue weighted by atomic mass is 127. The van der Waals surface area contributed by atoms with E-state index in [1.807, 2.05) is 0 Å². The van der Waals surface area contributed by atoms with Gasteiger partial charge in [-0.3, -0.25) is 4.79 Å². The van der Waals surface area contributed by atoms with Crippen LogP contribution in [-0.4, -0.2) is 5.91 Å². The van der Waals surface area contributed by atoms with Gasteiger partial charge in [-0.05, 0) is 59.0 Å². The third-order valence-electron chi connectivity index (χ3n) is 2.36. The van der Waals surface area contributed by atoms with Gasteiger partial charge < -0.3 is 5.32 Å². The average molecular weight is 410 g/mol. The lowest BCUT2D eigenvalue weighted by molar-refractivity contribution is 0.102. The monoisotopic (exact) mass is 409 g/mol. The minimum Gasteiger partial charge on any atom is -0.322 e. The van der Waals surface area contributed by atoms with Crippen molar-refractivity contribution in [2.75, 3.05) is 5.32 Å². The normalized spacial score (nSPS) is 10.3. The van der Waals surface area contributed by atoms with Crippen LogP contribution in [0.2, 0.25) is 10.0 Å². The van der Waals surface area contributed by atoms with Crippen molar-refractivity contribution in [3.63, 3.8) is 0 Å². The maximum atomic E-state index is 13.2. The van der Waals surface area contributed by atoms with E-state index in [1.54, 1.807) is 18.2 Å². The molecule has 0 aliphatic carbocycles. The maximum absolute atomic E-state index is 13.2. The first-order chi connectivity index (χ1) is 8.97. The molecule has 98 valence electrons. The molecule has 2 aromatic carbocycles. The van der Waals surface area contributed by atoms with Crippen molar-refractivity contribution in [3.05, 3.63) is 61.4 Å². The summed E-state index contributed by atoms with van der Waals surface area (Å²) >= 11 is 13.6. The van der Waals surface area contributed by atoms with Crippen LogP contribution < -0.4 is 5.32 Å². The van der Waals surface area contributed by atoms with Crippen LogP contribution >= 0.6 is 45.8 Å². The summed E-state index contributed by atoms with van der Waals surface area (Å²) < 4.78 is 14.1. The van der Waals surface area contributed by atoms with Gasteiger partial charge in [-0.1, -0.05) is 23.2 Å². The van der Waals surface area contributed by atoms with Gasteiger partial charge in [0.1, 0.15) is 5.82 Å². The number of benzene rings is 2. The number of anilines is 1. The molecule has 19 heavy (non-hydrogen) atoms. The number of amides is 1. The molecule has 0 aliphatic heterocycles. The van der Waals surface area contributed by atoms with Gasteiger partial charge in [-0.2, -0.15) is 0 Å². The molecule has 0 saturated carbocycles. The first-order valence-electron chi connectivity index (χ1n) is 5.19. The summed E-state index contributed by atoms with van der Waals surface area (Å²) in [5.41, 5.74) is 0.738. The molecule has 6 heteroatoms. The van der Waals surface area contributed by atoms with Crippen LogP contribution in [-0.2, 0) is 0 Å². The van der Waals surface area contributed by atoms with E-state index in [0.717, 1.165) is 9.64 Å². The number of carbonyl (C=O) groups is 1. The Labute approximate surface area is 133 Å². The summed E-state index contributed by atoms with van der Waals surface area (Å²) in [6.07, 6.45) is 0. The fourth-order valence-electron chi connectivity index (χ4n) is 1.41. The Balaban J connectivity index is 2.20. The van der Waals surface area contributed by atoms with E-state index < -0.39 is 5.82 Å². The quantitative estimate of drug-likeness (QED) is 0.695. The molecular formula is C13H7Cl2FINO. The van der Waals surface area contributed by atoms with Gasteiger partial charge in [0.05, 0.1) is 10.0 Å². The summed E-state index contributed by atoms with van der Waals surface area (Å²) in [6, 6.07) is 9.01. The van der Waals surface area contributed by atoms with Gasteiger partial charge in [-0.15, -0.1) is 0 Å². The number of rotatable bonds is 2. The predicted molar refractivity (Wildman–Crippen MR) is 83.5 cm³/mol. The fourth-order valence-corrected chi connectivity index (χ4v) is 2.05. The molecule has 0 spiro atoms. The van der Waals surface area contributed by atoms with Crippen LogP contribution in [0.5, 0.6) is 0 Å². The lowest BCUT2D eigenvalue weighted by atomic mass is 10.2. The second-order valence-electron chi connectivity index (χ2n) is 3.71. The van der Waals surface area contributed by atoms with E-state index in [9.17, 15) is 9.18 Å². The number of nitrogens with one attached hydrogen (secondary N) is 1. The number of carbonyl (C=O) groups excluding carboxylic acids is 1. The molecule has 0 atom stereocenters. The van der Waals surface area contributed by atoms with Gasteiger partial charge in [0.2, 0.25) is 0 Å². The summed E-state index contributed by atoms with van der Waals surface area (Å²) in [5, 5.41) is 3.08. The summed E-state index contributed by atoms with van der Waals surface area (Å²) in [5.74, 6) is -0.944. The molecule has 0 unspecified atom stereocenters. The molecule has 2 aromatic rings. The van der Waals surface area contributed by atoms with Crippen molar-refractivity contribution < 1.29 is 9.18 Å². The Bertz CT molecular complexity index is 649. The number of hydrogen-bond acceptors (Lipinski definition) is 1. The van der Waals surface area contributed by atoms with Crippen LogP contribution in [0.1, 0.15) is 10.4 Å². The zero-order chi connectivity index (χ0) is 14.0. The highest BCUT2D eigenvalue weighted by Crippen LogP contribution is 2.22. The van der Waals surface area contributed by atoms with E-state index in [4.69, 9.17) is 23.2 Å². The molecule has 0 fully saturated rings. The van der Waals surface area contributed by atoms with Crippen molar-refractivity contribution >= 4 is 57.4 Å². The molecule has 0 radical (unpaired) electrons. The smallest absolute Gasteiger partial charge is 0.255 e. The van der Waals surface area contributed by atoms with Crippen molar-refractivity contribution in [2.45, 2.75) is 0 Å². The minimum atomic E-state index is -0.583. The molecule has 0 aliphatic rings. The van der Waals surface area contributed by atoms with E-state index in [2.05, 4.69) is 27.9 Å². The van der Waals surface area contributed by atoms with Gasteiger partial charge in [0.25, 0.3) is 5.91 Å². The Morgan fingerprint density at radius 2 is 1.84 bits per heavy atom. The summed E-state index contributed by atoms with van der Waals surface area (Å²) in [7, 11) is 0. The van der Waals surface area contributed by atoms with Crippen molar-refractivity contribution in [1.82, 2.24) is 0 Å². The maximum Gasteiger partial charge on any atom is 0.255 e. The van der Waals surface area contributed by atoms with Gasteiger partial charge >= 0.3 is 0 Å². The van der Waals surface area contributed by atoms with Gasteiger partial charge in [0.15, 0.2) is 0 Å². The molecule has 0 heterocycles. The van der Waals surface area contributed by atoms with Gasteiger partial charge in [-0.25, -0.2) is 4.39 Å². The van der Waals surface area contributed by atoms with Crippen LogP contribution in [0.3, 0.4) is 0 Å². The molecule has 1 N–H and O–H groups in total. The molecule has 1 amide bonds. The number of halogens is 4. The molecule has 0 bridgehead atoms. The topological polar surface area (TPSA) is 29.1 Å². The Kier molecular flexibility index (Phi) is 4.65.